The summed E-state index contributed by atoms with van der Waals surface area (Å²) in [5.41, 5.74) is -0.191. The highest BCUT2D eigenvalue weighted by Gasteiger charge is 2.51. The van der Waals surface area contributed by atoms with Gasteiger partial charge in [-0.25, -0.2) is 0 Å². The number of hydrogen-bond acceptors (Lipinski definition) is 13. The number of benzene rings is 1. The number of nitro groups is 1. The molecule has 1 aromatic rings. The van der Waals surface area contributed by atoms with Crippen molar-refractivity contribution in [2.45, 2.75) is 61.4 Å². The van der Waals surface area contributed by atoms with Crippen molar-refractivity contribution < 1.29 is 59.6 Å². The Morgan fingerprint density at radius 2 is 1.38 bits per heavy atom. The summed E-state index contributed by atoms with van der Waals surface area (Å²) < 4.78 is 21.5. The van der Waals surface area contributed by atoms with Crippen molar-refractivity contribution in [1.29, 1.82) is 0 Å². The zero-order valence-corrected chi connectivity index (χ0v) is 16.5. The van der Waals surface area contributed by atoms with E-state index in [1.165, 1.54) is 12.1 Å². The van der Waals surface area contributed by atoms with Gasteiger partial charge in [0.15, 0.2) is 6.29 Å². The third-order valence-electron chi connectivity index (χ3n) is 5.26. The van der Waals surface area contributed by atoms with E-state index in [-0.39, 0.29) is 11.4 Å². The number of nitrogens with zero attached hydrogens (tertiary/aromatic N) is 1. The number of aliphatic hydroxyl groups excluding tert-OH is 7. The maximum Gasteiger partial charge on any atom is 0.269 e. The van der Waals surface area contributed by atoms with Gasteiger partial charge in [-0.05, 0) is 12.1 Å². The molecule has 0 aliphatic carbocycles. The lowest BCUT2D eigenvalue weighted by atomic mass is 9.97. The SMILES string of the molecule is O=[N+]([O-])c1ccc(O[C@H]2O[C@@H](CO)[C@H](O[C@@H]3O[C@H](CO)[C@H](O)[C@@H](O)[C@@H]3O)[C@@H](O)[C@@H]2O)cc1. The van der Waals surface area contributed by atoms with E-state index in [9.17, 15) is 45.9 Å². The Morgan fingerprint density at radius 3 is 1.94 bits per heavy atom. The summed E-state index contributed by atoms with van der Waals surface area (Å²) in [6.45, 7) is -1.42. The molecular formula is C18H25NO13. The molecule has 32 heavy (non-hydrogen) atoms. The van der Waals surface area contributed by atoms with Crippen molar-refractivity contribution in [3.05, 3.63) is 34.4 Å². The maximum absolute atomic E-state index is 10.7. The predicted octanol–water partition coefficient (Wildman–Crippen LogP) is -3.40. The van der Waals surface area contributed by atoms with Crippen LogP contribution in [0.25, 0.3) is 0 Å². The largest absolute Gasteiger partial charge is 0.462 e. The summed E-state index contributed by atoms with van der Waals surface area (Å²) in [6.07, 6.45) is -15.7. The molecule has 3 rings (SSSR count). The Balaban J connectivity index is 1.70. The Hall–Kier alpha value is -1.98. The van der Waals surface area contributed by atoms with E-state index >= 15 is 0 Å². The molecule has 0 aromatic heterocycles. The lowest BCUT2D eigenvalue weighted by Gasteiger charge is -2.45. The van der Waals surface area contributed by atoms with Gasteiger partial charge in [0.25, 0.3) is 5.69 Å². The fraction of sp³-hybridized carbons (Fsp3) is 0.667. The summed E-state index contributed by atoms with van der Waals surface area (Å²) >= 11 is 0. The Kier molecular flexibility index (Phi) is 7.94. The van der Waals surface area contributed by atoms with Crippen LogP contribution in [0.1, 0.15) is 0 Å². The number of rotatable bonds is 7. The molecule has 0 saturated carbocycles. The van der Waals surface area contributed by atoms with Crippen molar-refractivity contribution >= 4 is 5.69 Å². The van der Waals surface area contributed by atoms with Crippen LogP contribution >= 0.6 is 0 Å². The molecule has 14 heteroatoms. The molecule has 10 atom stereocenters. The van der Waals surface area contributed by atoms with Crippen molar-refractivity contribution in [2.75, 3.05) is 13.2 Å². The molecule has 0 unspecified atom stereocenters. The van der Waals surface area contributed by atoms with Crippen LogP contribution in [-0.4, -0.2) is 115 Å². The molecule has 14 nitrogen and oxygen atoms in total. The van der Waals surface area contributed by atoms with Gasteiger partial charge >= 0.3 is 0 Å². The molecule has 2 heterocycles. The van der Waals surface area contributed by atoms with Crippen LogP contribution in [0, 0.1) is 10.1 Å². The van der Waals surface area contributed by atoms with Gasteiger partial charge in [0.1, 0.15) is 54.6 Å². The first-order valence-electron chi connectivity index (χ1n) is 9.67. The Labute approximate surface area is 180 Å². The van der Waals surface area contributed by atoms with Gasteiger partial charge < -0.3 is 54.7 Å². The van der Waals surface area contributed by atoms with Crippen molar-refractivity contribution in [1.82, 2.24) is 0 Å². The van der Waals surface area contributed by atoms with Crippen LogP contribution in [0.2, 0.25) is 0 Å². The molecule has 2 aliphatic rings. The Morgan fingerprint density at radius 1 is 0.812 bits per heavy atom. The van der Waals surface area contributed by atoms with Crippen LogP contribution in [0.15, 0.2) is 24.3 Å². The van der Waals surface area contributed by atoms with E-state index in [2.05, 4.69) is 0 Å². The Bertz CT molecular complexity index is 760. The highest BCUT2D eigenvalue weighted by molar-refractivity contribution is 5.36. The smallest absolute Gasteiger partial charge is 0.269 e. The lowest BCUT2D eigenvalue weighted by molar-refractivity contribution is -0.384. The van der Waals surface area contributed by atoms with Gasteiger partial charge in [0, 0.05) is 12.1 Å². The van der Waals surface area contributed by atoms with E-state index in [0.717, 1.165) is 12.1 Å². The van der Waals surface area contributed by atoms with Crippen molar-refractivity contribution in [3.8, 4) is 5.75 Å². The summed E-state index contributed by atoms with van der Waals surface area (Å²) in [5, 5.41) is 80.4. The average Bonchev–Trinajstić information content (AvgIpc) is 2.79. The molecule has 7 N–H and O–H groups in total. The normalized spacial score (nSPS) is 40.1. The molecule has 0 amide bonds. The molecule has 0 spiro atoms. The number of hydrogen-bond donors (Lipinski definition) is 7. The molecule has 2 fully saturated rings. The molecule has 2 saturated heterocycles. The second kappa shape index (κ2) is 10.3. The van der Waals surface area contributed by atoms with Gasteiger partial charge in [-0.1, -0.05) is 0 Å². The monoisotopic (exact) mass is 463 g/mol. The quantitative estimate of drug-likeness (QED) is 0.155. The molecule has 2 aliphatic heterocycles. The van der Waals surface area contributed by atoms with Crippen LogP contribution < -0.4 is 4.74 Å². The minimum Gasteiger partial charge on any atom is -0.462 e. The minimum atomic E-state index is -1.77. The van der Waals surface area contributed by atoms with E-state index in [1.54, 1.807) is 0 Å². The van der Waals surface area contributed by atoms with Gasteiger partial charge in [0.2, 0.25) is 6.29 Å². The van der Waals surface area contributed by atoms with Gasteiger partial charge in [-0.15, -0.1) is 0 Å². The van der Waals surface area contributed by atoms with Crippen LogP contribution in [0.5, 0.6) is 5.75 Å². The van der Waals surface area contributed by atoms with E-state index in [1.807, 2.05) is 0 Å². The summed E-state index contributed by atoms with van der Waals surface area (Å²) in [5.74, 6) is 0.0804. The highest BCUT2D eigenvalue weighted by Crippen LogP contribution is 2.30. The van der Waals surface area contributed by atoms with Gasteiger partial charge in [-0.2, -0.15) is 0 Å². The standard InChI is InChI=1S/C18H25NO13/c20-5-9-11(22)12(23)14(25)18(30-9)32-16-10(6-21)31-17(15(26)13(16)24)29-8-3-1-7(2-4-8)19(27)28/h1-4,9-18,20-26H,5-6H2/t9-,10+,11+,12-,13+,14+,15+,16+,17+,18+/m1/s1. The summed E-state index contributed by atoms with van der Waals surface area (Å²) in [4.78, 5) is 10.1. The molecule has 0 bridgehead atoms. The highest BCUT2D eigenvalue weighted by atomic mass is 16.7. The summed E-state index contributed by atoms with van der Waals surface area (Å²) in [6, 6.07) is 4.83. The fourth-order valence-electron chi connectivity index (χ4n) is 3.43. The molecule has 0 radical (unpaired) electrons. The first-order valence-corrected chi connectivity index (χ1v) is 9.67. The lowest BCUT2D eigenvalue weighted by Crippen LogP contribution is -2.65. The van der Waals surface area contributed by atoms with Crippen LogP contribution in [-0.2, 0) is 14.2 Å². The maximum atomic E-state index is 10.7. The molecule has 1 aromatic carbocycles. The molecular weight excluding hydrogens is 438 g/mol. The van der Waals surface area contributed by atoms with E-state index in [0.29, 0.717) is 0 Å². The first kappa shape index (κ1) is 24.7. The minimum absolute atomic E-state index is 0.0804. The van der Waals surface area contributed by atoms with E-state index in [4.69, 9.17) is 18.9 Å². The number of nitro benzene ring substituents is 1. The third-order valence-corrected chi connectivity index (χ3v) is 5.26. The summed E-state index contributed by atoms with van der Waals surface area (Å²) in [7, 11) is 0. The second-order valence-electron chi connectivity index (χ2n) is 7.37. The first-order chi connectivity index (χ1) is 15.2. The second-order valence-corrected chi connectivity index (χ2v) is 7.37. The number of aliphatic hydroxyl groups is 7. The van der Waals surface area contributed by atoms with E-state index < -0.39 is 79.5 Å². The zero-order valence-electron chi connectivity index (χ0n) is 16.5. The van der Waals surface area contributed by atoms with Crippen LogP contribution in [0.4, 0.5) is 5.69 Å². The number of non-ortho nitro benzene ring substituents is 1. The van der Waals surface area contributed by atoms with Crippen molar-refractivity contribution in [2.24, 2.45) is 0 Å². The predicted molar refractivity (Wildman–Crippen MR) is 100 cm³/mol. The van der Waals surface area contributed by atoms with Gasteiger partial charge in [-0.3, -0.25) is 10.1 Å². The topological polar surface area (TPSA) is 222 Å². The third kappa shape index (κ3) is 4.99. The average molecular weight is 463 g/mol. The van der Waals surface area contributed by atoms with Crippen LogP contribution in [0.3, 0.4) is 0 Å². The van der Waals surface area contributed by atoms with Crippen molar-refractivity contribution in [3.63, 3.8) is 0 Å². The van der Waals surface area contributed by atoms with Gasteiger partial charge in [0.05, 0.1) is 18.1 Å². The number of ether oxygens (including phenoxy) is 4. The fourth-order valence-corrected chi connectivity index (χ4v) is 3.43. The zero-order chi connectivity index (χ0) is 23.6. The molecule has 180 valence electrons.